The summed E-state index contributed by atoms with van der Waals surface area (Å²) in [6.45, 7) is 0. The van der Waals surface area contributed by atoms with Crippen molar-refractivity contribution >= 4 is 5.97 Å². The molecule has 0 amide bonds. The molecule has 0 aliphatic carbocycles. The van der Waals surface area contributed by atoms with Gasteiger partial charge in [-0.2, -0.15) is 0 Å². The van der Waals surface area contributed by atoms with E-state index in [4.69, 9.17) is 9.84 Å². The van der Waals surface area contributed by atoms with Crippen LogP contribution >= 0.6 is 0 Å². The van der Waals surface area contributed by atoms with Crippen molar-refractivity contribution in [3.05, 3.63) is 59.9 Å². The molecule has 2 aromatic rings. The fourth-order valence-electron chi connectivity index (χ4n) is 1.39. The van der Waals surface area contributed by atoms with Gasteiger partial charge in [-0.05, 0) is 24.3 Å². The molecule has 0 fully saturated rings. The third-order valence-electron chi connectivity index (χ3n) is 2.16. The number of aromatic carboxylic acids is 1. The highest BCUT2D eigenvalue weighted by Crippen LogP contribution is 2.28. The molecule has 0 saturated carbocycles. The van der Waals surface area contributed by atoms with Crippen LogP contribution in [0.2, 0.25) is 0 Å². The molecule has 2 rings (SSSR count). The second kappa shape index (κ2) is 4.65. The number of carboxylic acids is 1. The zero-order valence-electron chi connectivity index (χ0n) is 8.76. The summed E-state index contributed by atoms with van der Waals surface area (Å²) in [5.41, 5.74) is -0.200. The normalized spacial score (nSPS) is 9.94. The molecular weight excluding hydrogens is 223 g/mol. The molecular formula is C13H9FO3. The van der Waals surface area contributed by atoms with E-state index >= 15 is 0 Å². The fraction of sp³-hybridized carbons (Fsp3) is 0. The zero-order valence-corrected chi connectivity index (χ0v) is 8.76. The van der Waals surface area contributed by atoms with Gasteiger partial charge in [0.05, 0.1) is 0 Å². The Morgan fingerprint density at radius 1 is 1.06 bits per heavy atom. The Bertz CT molecular complexity index is 538. The van der Waals surface area contributed by atoms with Crippen LogP contribution in [0.15, 0.2) is 48.5 Å². The van der Waals surface area contributed by atoms with Crippen LogP contribution < -0.4 is 4.74 Å². The number of hydrogen-bond acceptors (Lipinski definition) is 2. The van der Waals surface area contributed by atoms with Crippen LogP contribution in [0.25, 0.3) is 0 Å². The van der Waals surface area contributed by atoms with Crippen molar-refractivity contribution in [3.8, 4) is 11.5 Å². The lowest BCUT2D eigenvalue weighted by Crippen LogP contribution is -2.01. The molecule has 0 aliphatic heterocycles. The lowest BCUT2D eigenvalue weighted by molar-refractivity contribution is 0.0693. The summed E-state index contributed by atoms with van der Waals surface area (Å²) in [5, 5.41) is 8.92. The van der Waals surface area contributed by atoms with Gasteiger partial charge in [0, 0.05) is 0 Å². The number of carbonyl (C=O) groups is 1. The van der Waals surface area contributed by atoms with Crippen molar-refractivity contribution in [1.29, 1.82) is 0 Å². The summed E-state index contributed by atoms with van der Waals surface area (Å²) < 4.78 is 18.8. The lowest BCUT2D eigenvalue weighted by atomic mass is 10.2. The lowest BCUT2D eigenvalue weighted by Gasteiger charge is -2.09. The van der Waals surface area contributed by atoms with Crippen LogP contribution in [0.1, 0.15) is 10.4 Å². The number of para-hydroxylation sites is 2. The van der Waals surface area contributed by atoms with Crippen LogP contribution in [0, 0.1) is 5.82 Å². The maximum absolute atomic E-state index is 13.5. The minimum absolute atomic E-state index is 0.200. The van der Waals surface area contributed by atoms with E-state index in [1.54, 1.807) is 30.3 Å². The molecule has 17 heavy (non-hydrogen) atoms. The van der Waals surface area contributed by atoms with E-state index in [-0.39, 0.29) is 11.3 Å². The number of rotatable bonds is 3. The first-order valence-electron chi connectivity index (χ1n) is 4.93. The Morgan fingerprint density at radius 3 is 2.41 bits per heavy atom. The van der Waals surface area contributed by atoms with E-state index in [0.717, 1.165) is 6.07 Å². The molecule has 0 bridgehead atoms. The third kappa shape index (κ3) is 2.42. The molecule has 0 unspecified atom stereocenters. The SMILES string of the molecule is O=C(O)c1cccc(F)c1Oc1ccccc1. The Hall–Kier alpha value is -2.36. The number of hydrogen-bond donors (Lipinski definition) is 1. The van der Waals surface area contributed by atoms with E-state index in [0.29, 0.717) is 5.75 Å². The van der Waals surface area contributed by atoms with Crippen LogP contribution in [0.3, 0.4) is 0 Å². The van der Waals surface area contributed by atoms with Crippen LogP contribution in [-0.4, -0.2) is 11.1 Å². The first kappa shape index (κ1) is 11.1. The number of halogens is 1. The summed E-state index contributed by atoms with van der Waals surface area (Å²) >= 11 is 0. The highest BCUT2D eigenvalue weighted by Gasteiger charge is 2.16. The molecule has 4 heteroatoms. The van der Waals surface area contributed by atoms with Gasteiger partial charge in [0.15, 0.2) is 11.6 Å². The van der Waals surface area contributed by atoms with Gasteiger partial charge in [-0.15, -0.1) is 0 Å². The summed E-state index contributed by atoms with van der Waals surface area (Å²) in [6.07, 6.45) is 0. The van der Waals surface area contributed by atoms with E-state index in [9.17, 15) is 9.18 Å². The summed E-state index contributed by atoms with van der Waals surface area (Å²) in [7, 11) is 0. The van der Waals surface area contributed by atoms with Crippen molar-refractivity contribution in [2.45, 2.75) is 0 Å². The van der Waals surface area contributed by atoms with E-state index < -0.39 is 11.8 Å². The fourth-order valence-corrected chi connectivity index (χ4v) is 1.39. The van der Waals surface area contributed by atoms with Gasteiger partial charge in [-0.1, -0.05) is 24.3 Å². The minimum atomic E-state index is -1.23. The highest BCUT2D eigenvalue weighted by atomic mass is 19.1. The largest absolute Gasteiger partial charge is 0.478 e. The van der Waals surface area contributed by atoms with Crippen LogP contribution in [0.4, 0.5) is 4.39 Å². The smallest absolute Gasteiger partial charge is 0.339 e. The highest BCUT2D eigenvalue weighted by molar-refractivity contribution is 5.91. The molecule has 86 valence electrons. The van der Waals surface area contributed by atoms with Crippen molar-refractivity contribution < 1.29 is 19.0 Å². The van der Waals surface area contributed by atoms with Crippen molar-refractivity contribution in [2.24, 2.45) is 0 Å². The molecule has 2 aromatic carbocycles. The van der Waals surface area contributed by atoms with Crippen LogP contribution in [0.5, 0.6) is 11.5 Å². The van der Waals surface area contributed by atoms with E-state index in [1.807, 2.05) is 0 Å². The quantitative estimate of drug-likeness (QED) is 0.882. The summed E-state index contributed by atoms with van der Waals surface area (Å²) in [4.78, 5) is 10.9. The molecule has 0 heterocycles. The molecule has 3 nitrogen and oxygen atoms in total. The number of ether oxygens (including phenoxy) is 1. The zero-order chi connectivity index (χ0) is 12.3. The summed E-state index contributed by atoms with van der Waals surface area (Å²) in [5.74, 6) is -1.81. The second-order valence-corrected chi connectivity index (χ2v) is 3.34. The average molecular weight is 232 g/mol. The van der Waals surface area contributed by atoms with Gasteiger partial charge in [0.25, 0.3) is 0 Å². The molecule has 0 atom stereocenters. The Kier molecular flexibility index (Phi) is 3.05. The Morgan fingerprint density at radius 2 is 1.76 bits per heavy atom. The van der Waals surface area contributed by atoms with Gasteiger partial charge in [0.2, 0.25) is 0 Å². The van der Waals surface area contributed by atoms with Crippen molar-refractivity contribution in [2.75, 3.05) is 0 Å². The van der Waals surface area contributed by atoms with E-state index in [1.165, 1.54) is 12.1 Å². The Balaban J connectivity index is 2.41. The summed E-state index contributed by atoms with van der Waals surface area (Å²) in [6, 6.07) is 12.3. The maximum Gasteiger partial charge on any atom is 0.339 e. The number of carboxylic acid groups (broad SMARTS) is 1. The van der Waals surface area contributed by atoms with Gasteiger partial charge < -0.3 is 9.84 Å². The predicted octanol–water partition coefficient (Wildman–Crippen LogP) is 3.32. The minimum Gasteiger partial charge on any atom is -0.478 e. The molecule has 0 spiro atoms. The van der Waals surface area contributed by atoms with Gasteiger partial charge >= 0.3 is 5.97 Å². The van der Waals surface area contributed by atoms with Gasteiger partial charge in [-0.3, -0.25) is 0 Å². The molecule has 0 aliphatic rings. The van der Waals surface area contributed by atoms with E-state index in [2.05, 4.69) is 0 Å². The third-order valence-corrected chi connectivity index (χ3v) is 2.16. The van der Waals surface area contributed by atoms with Gasteiger partial charge in [-0.25, -0.2) is 9.18 Å². The number of benzene rings is 2. The molecule has 1 N–H and O–H groups in total. The first-order chi connectivity index (χ1) is 8.18. The molecule has 0 saturated heterocycles. The van der Waals surface area contributed by atoms with Crippen LogP contribution in [-0.2, 0) is 0 Å². The second-order valence-electron chi connectivity index (χ2n) is 3.34. The first-order valence-corrected chi connectivity index (χ1v) is 4.93. The monoisotopic (exact) mass is 232 g/mol. The van der Waals surface area contributed by atoms with Crippen molar-refractivity contribution in [1.82, 2.24) is 0 Å². The maximum atomic E-state index is 13.5. The average Bonchev–Trinajstić information content (AvgIpc) is 2.33. The van der Waals surface area contributed by atoms with Crippen molar-refractivity contribution in [3.63, 3.8) is 0 Å². The van der Waals surface area contributed by atoms with Gasteiger partial charge in [0.1, 0.15) is 11.3 Å². The standard InChI is InChI=1S/C13H9FO3/c14-11-8-4-7-10(13(15)16)12(11)17-9-5-2-1-3-6-9/h1-8H,(H,15,16). The Labute approximate surface area is 97.1 Å². The molecule has 0 aromatic heterocycles. The topological polar surface area (TPSA) is 46.5 Å². The predicted molar refractivity (Wildman–Crippen MR) is 59.9 cm³/mol. The molecule has 0 radical (unpaired) electrons.